The Labute approximate surface area is 179 Å². The van der Waals surface area contributed by atoms with Gasteiger partial charge in [0.25, 0.3) is 0 Å². The van der Waals surface area contributed by atoms with Crippen molar-refractivity contribution in [2.45, 2.75) is 6.92 Å². The van der Waals surface area contributed by atoms with Gasteiger partial charge in [0.1, 0.15) is 11.3 Å². The van der Waals surface area contributed by atoms with E-state index in [1.807, 2.05) is 37.4 Å². The van der Waals surface area contributed by atoms with E-state index in [1.165, 1.54) is 6.08 Å². The van der Waals surface area contributed by atoms with Crippen molar-refractivity contribution in [2.24, 2.45) is 0 Å². The van der Waals surface area contributed by atoms with Gasteiger partial charge in [-0.15, -0.1) is 0 Å². The molecule has 7 heteroatoms. The molecule has 4 aromatic rings. The largest absolute Gasteiger partial charge is 0.476 e. The lowest BCUT2D eigenvalue weighted by Crippen LogP contribution is -2.10. The maximum absolute atomic E-state index is 11.8. The summed E-state index contributed by atoms with van der Waals surface area (Å²) < 4.78 is 5.52. The van der Waals surface area contributed by atoms with Gasteiger partial charge in [-0.2, -0.15) is 5.26 Å². The van der Waals surface area contributed by atoms with E-state index in [0.717, 1.165) is 33.3 Å². The molecule has 1 amide bonds. The van der Waals surface area contributed by atoms with Crippen molar-refractivity contribution in [3.05, 3.63) is 73.2 Å². The van der Waals surface area contributed by atoms with Gasteiger partial charge in [-0.3, -0.25) is 4.79 Å². The molecule has 0 atom stereocenters. The van der Waals surface area contributed by atoms with E-state index in [2.05, 4.69) is 32.9 Å². The number of carbonyl (C=O) groups is 1. The Morgan fingerprint density at radius 1 is 1.23 bits per heavy atom. The van der Waals surface area contributed by atoms with Gasteiger partial charge in [0.15, 0.2) is 0 Å². The fourth-order valence-electron chi connectivity index (χ4n) is 3.29. The number of hydrogen-bond donors (Lipinski definition) is 2. The number of ether oxygens (including phenoxy) is 1. The van der Waals surface area contributed by atoms with Crippen LogP contribution in [0, 0.1) is 11.3 Å². The van der Waals surface area contributed by atoms with Gasteiger partial charge >= 0.3 is 0 Å². The number of nitriles is 1. The topological polar surface area (TPSA) is 104 Å². The van der Waals surface area contributed by atoms with E-state index in [4.69, 9.17) is 4.74 Å². The van der Waals surface area contributed by atoms with Gasteiger partial charge in [-0.05, 0) is 42.8 Å². The number of carbonyl (C=O) groups excluding carboxylic acids is 1. The van der Waals surface area contributed by atoms with Crippen molar-refractivity contribution >= 4 is 22.6 Å². The average Bonchev–Trinajstić information content (AvgIpc) is 3.23. The summed E-state index contributed by atoms with van der Waals surface area (Å²) in [4.78, 5) is 23.9. The summed E-state index contributed by atoms with van der Waals surface area (Å²) in [5.41, 5.74) is 5.26. The minimum absolute atomic E-state index is 0.339. The summed E-state index contributed by atoms with van der Waals surface area (Å²) in [6.07, 6.45) is 6.49. The third kappa shape index (κ3) is 4.00. The molecule has 0 fully saturated rings. The zero-order valence-electron chi connectivity index (χ0n) is 16.8. The molecule has 7 nitrogen and oxygen atoms in total. The predicted molar refractivity (Wildman–Crippen MR) is 119 cm³/mol. The fourth-order valence-corrected chi connectivity index (χ4v) is 3.29. The summed E-state index contributed by atoms with van der Waals surface area (Å²) in [6.45, 7) is 5.76. The lowest BCUT2D eigenvalue weighted by atomic mass is 10.0. The molecule has 0 aliphatic carbocycles. The fraction of sp³-hybridized carbons (Fsp3) is 0.0833. The average molecular weight is 409 g/mol. The van der Waals surface area contributed by atoms with Crippen molar-refractivity contribution in [3.8, 4) is 34.2 Å². The number of anilines is 1. The highest BCUT2D eigenvalue weighted by molar-refractivity contribution is 6.00. The highest BCUT2D eigenvalue weighted by Crippen LogP contribution is 2.33. The lowest BCUT2D eigenvalue weighted by Gasteiger charge is -2.11. The van der Waals surface area contributed by atoms with Gasteiger partial charge in [0.05, 0.1) is 18.2 Å². The van der Waals surface area contributed by atoms with Gasteiger partial charge in [0, 0.05) is 40.7 Å². The third-order valence-corrected chi connectivity index (χ3v) is 4.74. The summed E-state index contributed by atoms with van der Waals surface area (Å²) in [5, 5.41) is 12.9. The van der Waals surface area contributed by atoms with Crippen molar-refractivity contribution < 1.29 is 9.53 Å². The van der Waals surface area contributed by atoms with Crippen LogP contribution < -0.4 is 10.1 Å². The second-order valence-corrected chi connectivity index (χ2v) is 6.72. The SMILES string of the molecule is C=CC(=O)Nc1cc(-c2cnc3[nH]cc(-c4cccc(C#N)c4)c3c2)cnc1OCC. The molecule has 0 saturated heterocycles. The Hall–Kier alpha value is -4.44. The van der Waals surface area contributed by atoms with Crippen LogP contribution in [0.4, 0.5) is 5.69 Å². The summed E-state index contributed by atoms with van der Waals surface area (Å²) in [5.74, 6) is -0.00934. The second kappa shape index (κ2) is 8.51. The predicted octanol–water partition coefficient (Wildman–Crippen LogP) is 4.69. The molecule has 3 heterocycles. The van der Waals surface area contributed by atoms with Crippen LogP contribution >= 0.6 is 0 Å². The third-order valence-electron chi connectivity index (χ3n) is 4.74. The molecule has 2 N–H and O–H groups in total. The van der Waals surface area contributed by atoms with E-state index < -0.39 is 0 Å². The minimum Gasteiger partial charge on any atom is -0.476 e. The van der Waals surface area contributed by atoms with Crippen LogP contribution in [0.1, 0.15) is 12.5 Å². The summed E-state index contributed by atoms with van der Waals surface area (Å²) >= 11 is 0. The standard InChI is InChI=1S/C24H19N5O2/c1-3-22(30)29-21-10-18(13-28-24(21)31-4-2)17-9-19-20(14-27-23(19)26-12-17)16-7-5-6-15(8-16)11-25/h3,5-10,12-14H,1,4H2,2H3,(H,26,27)(H,29,30). The second-order valence-electron chi connectivity index (χ2n) is 6.72. The number of rotatable bonds is 6. The molecular weight excluding hydrogens is 390 g/mol. The maximum Gasteiger partial charge on any atom is 0.247 e. The smallest absolute Gasteiger partial charge is 0.247 e. The number of fused-ring (bicyclic) bond motifs is 1. The first kappa shape index (κ1) is 19.9. The Bertz CT molecular complexity index is 1330. The van der Waals surface area contributed by atoms with Crippen LogP contribution in [0.2, 0.25) is 0 Å². The van der Waals surface area contributed by atoms with E-state index >= 15 is 0 Å². The van der Waals surface area contributed by atoms with Gasteiger partial charge in [-0.1, -0.05) is 18.7 Å². The number of amides is 1. The first-order valence-electron chi connectivity index (χ1n) is 9.67. The van der Waals surface area contributed by atoms with Gasteiger partial charge in [-0.25, -0.2) is 9.97 Å². The van der Waals surface area contributed by atoms with E-state index in [9.17, 15) is 10.1 Å². The number of nitrogens with one attached hydrogen (secondary N) is 2. The van der Waals surface area contributed by atoms with Crippen LogP contribution in [0.15, 0.2) is 67.6 Å². The van der Waals surface area contributed by atoms with Gasteiger partial charge in [0.2, 0.25) is 11.8 Å². The number of pyridine rings is 2. The number of aromatic amines is 1. The molecule has 0 bridgehead atoms. The molecule has 152 valence electrons. The number of nitrogens with zero attached hydrogens (tertiary/aromatic N) is 3. The number of H-pyrrole nitrogens is 1. The van der Waals surface area contributed by atoms with E-state index in [-0.39, 0.29) is 5.91 Å². The zero-order chi connectivity index (χ0) is 21.8. The first-order chi connectivity index (χ1) is 15.1. The minimum atomic E-state index is -0.348. The summed E-state index contributed by atoms with van der Waals surface area (Å²) in [7, 11) is 0. The number of benzene rings is 1. The molecule has 0 spiro atoms. The van der Waals surface area contributed by atoms with Crippen molar-refractivity contribution in [2.75, 3.05) is 11.9 Å². The van der Waals surface area contributed by atoms with Crippen molar-refractivity contribution in [1.29, 1.82) is 5.26 Å². The molecule has 3 aromatic heterocycles. The highest BCUT2D eigenvalue weighted by atomic mass is 16.5. The number of aromatic nitrogens is 3. The molecule has 1 aromatic carbocycles. The first-order valence-corrected chi connectivity index (χ1v) is 9.67. The van der Waals surface area contributed by atoms with Crippen molar-refractivity contribution in [1.82, 2.24) is 15.0 Å². The van der Waals surface area contributed by atoms with Crippen LogP contribution in [0.3, 0.4) is 0 Å². The molecule has 0 radical (unpaired) electrons. The molecule has 0 aliphatic rings. The zero-order valence-corrected chi connectivity index (χ0v) is 16.8. The molecule has 0 unspecified atom stereocenters. The Kier molecular flexibility index (Phi) is 5.45. The number of hydrogen-bond acceptors (Lipinski definition) is 5. The van der Waals surface area contributed by atoms with E-state index in [0.29, 0.717) is 23.7 Å². The normalized spacial score (nSPS) is 10.5. The monoisotopic (exact) mass is 409 g/mol. The highest BCUT2D eigenvalue weighted by Gasteiger charge is 2.13. The molecule has 0 saturated carbocycles. The quantitative estimate of drug-likeness (QED) is 0.450. The Balaban J connectivity index is 1.79. The maximum atomic E-state index is 11.8. The van der Waals surface area contributed by atoms with Crippen LogP contribution in [0.25, 0.3) is 33.3 Å². The molecular formula is C24H19N5O2. The molecule has 0 aliphatic heterocycles. The van der Waals surface area contributed by atoms with Crippen molar-refractivity contribution in [3.63, 3.8) is 0 Å². The molecule has 4 rings (SSSR count). The lowest BCUT2D eigenvalue weighted by molar-refractivity contribution is -0.111. The van der Waals surface area contributed by atoms with Crippen LogP contribution in [-0.2, 0) is 4.79 Å². The van der Waals surface area contributed by atoms with Crippen LogP contribution in [0.5, 0.6) is 5.88 Å². The van der Waals surface area contributed by atoms with Crippen LogP contribution in [-0.4, -0.2) is 27.5 Å². The molecule has 31 heavy (non-hydrogen) atoms. The van der Waals surface area contributed by atoms with E-state index in [1.54, 1.807) is 24.5 Å². The Morgan fingerprint density at radius 2 is 2.03 bits per heavy atom. The van der Waals surface area contributed by atoms with Gasteiger partial charge < -0.3 is 15.0 Å². The Morgan fingerprint density at radius 3 is 2.81 bits per heavy atom. The summed E-state index contributed by atoms with van der Waals surface area (Å²) in [6, 6.07) is 13.4.